The summed E-state index contributed by atoms with van der Waals surface area (Å²) >= 11 is 6.28. The summed E-state index contributed by atoms with van der Waals surface area (Å²) in [5, 5.41) is 3.28. The van der Waals surface area contributed by atoms with Gasteiger partial charge >= 0.3 is 0 Å². The zero-order valence-electron chi connectivity index (χ0n) is 20.3. The van der Waals surface area contributed by atoms with E-state index in [4.69, 9.17) is 21.1 Å². The summed E-state index contributed by atoms with van der Waals surface area (Å²) in [6, 6.07) is 16.3. The number of sulfonamides is 1. The molecule has 0 aliphatic carbocycles. The molecular weight excluding hydrogens is 488 g/mol. The molecule has 0 saturated heterocycles. The largest absolute Gasteiger partial charge is 0.493 e. The molecule has 186 valence electrons. The molecule has 9 heteroatoms. The van der Waals surface area contributed by atoms with Gasteiger partial charge in [-0.15, -0.1) is 0 Å². The molecule has 0 spiro atoms. The maximum atomic E-state index is 13.6. The van der Waals surface area contributed by atoms with Gasteiger partial charge < -0.3 is 14.8 Å². The number of ether oxygens (including phenoxy) is 2. The van der Waals surface area contributed by atoms with Gasteiger partial charge in [0.15, 0.2) is 11.5 Å². The highest BCUT2D eigenvalue weighted by Crippen LogP contribution is 2.31. The fourth-order valence-electron chi connectivity index (χ4n) is 3.51. The Morgan fingerprint density at radius 1 is 0.971 bits per heavy atom. The first-order valence-corrected chi connectivity index (χ1v) is 12.8. The lowest BCUT2D eigenvalue weighted by atomic mass is 10.1. The molecule has 0 aliphatic heterocycles. The number of carbonyl (C=O) groups excluding carboxylic acids is 1. The molecule has 3 aromatic rings. The van der Waals surface area contributed by atoms with Crippen molar-refractivity contribution < 1.29 is 22.7 Å². The van der Waals surface area contributed by atoms with Crippen molar-refractivity contribution in [2.24, 2.45) is 0 Å². The number of hydrogen-bond donors (Lipinski definition) is 1. The average molecular weight is 517 g/mol. The molecule has 1 atom stereocenters. The van der Waals surface area contributed by atoms with Gasteiger partial charge in [0.2, 0.25) is 5.91 Å². The topological polar surface area (TPSA) is 84.9 Å². The van der Waals surface area contributed by atoms with Crippen LogP contribution in [0.3, 0.4) is 0 Å². The van der Waals surface area contributed by atoms with Crippen molar-refractivity contribution in [1.82, 2.24) is 5.32 Å². The molecule has 1 unspecified atom stereocenters. The van der Waals surface area contributed by atoms with Gasteiger partial charge in [-0.05, 0) is 68.3 Å². The third-order valence-corrected chi connectivity index (χ3v) is 7.82. The standard InChI is InChI=1S/C26H29ClN2O5S/c1-17-6-11-22(12-7-17)35(31,32)29(21-10-8-18(2)23(27)15-21)16-26(30)28-19(3)20-9-13-24(33-4)25(14-20)34-5/h6-15,19H,16H2,1-5H3,(H,28,30). The molecule has 0 heterocycles. The molecule has 0 aromatic heterocycles. The zero-order valence-corrected chi connectivity index (χ0v) is 21.9. The fraction of sp³-hybridized carbons (Fsp3) is 0.269. The van der Waals surface area contributed by atoms with Crippen LogP contribution in [0.2, 0.25) is 5.02 Å². The molecule has 0 fully saturated rings. The van der Waals surface area contributed by atoms with E-state index in [-0.39, 0.29) is 4.90 Å². The van der Waals surface area contributed by atoms with Gasteiger partial charge in [-0.1, -0.05) is 41.4 Å². The van der Waals surface area contributed by atoms with Gasteiger partial charge in [0.25, 0.3) is 10.0 Å². The van der Waals surface area contributed by atoms with Crippen LogP contribution in [0.15, 0.2) is 65.6 Å². The summed E-state index contributed by atoms with van der Waals surface area (Å²) in [6.45, 7) is 5.08. The van der Waals surface area contributed by atoms with Crippen LogP contribution in [0.25, 0.3) is 0 Å². The Labute approximate surface area is 211 Å². The summed E-state index contributed by atoms with van der Waals surface area (Å²) in [4.78, 5) is 13.1. The highest BCUT2D eigenvalue weighted by atomic mass is 35.5. The number of carbonyl (C=O) groups is 1. The Bertz CT molecular complexity index is 1310. The monoisotopic (exact) mass is 516 g/mol. The van der Waals surface area contributed by atoms with E-state index >= 15 is 0 Å². The SMILES string of the molecule is COc1ccc(C(C)NC(=O)CN(c2ccc(C)c(Cl)c2)S(=O)(=O)c2ccc(C)cc2)cc1OC. The second-order valence-electron chi connectivity index (χ2n) is 8.16. The number of rotatable bonds is 9. The van der Waals surface area contributed by atoms with Gasteiger partial charge in [-0.2, -0.15) is 0 Å². The van der Waals surface area contributed by atoms with E-state index in [1.807, 2.05) is 19.9 Å². The molecular formula is C26H29ClN2O5S. The number of nitrogens with one attached hydrogen (secondary N) is 1. The highest BCUT2D eigenvalue weighted by molar-refractivity contribution is 7.92. The first-order valence-electron chi connectivity index (χ1n) is 10.9. The minimum absolute atomic E-state index is 0.0838. The van der Waals surface area contributed by atoms with Crippen molar-refractivity contribution >= 4 is 33.2 Å². The van der Waals surface area contributed by atoms with E-state index < -0.39 is 28.5 Å². The Morgan fingerprint density at radius 3 is 2.23 bits per heavy atom. The van der Waals surface area contributed by atoms with E-state index in [9.17, 15) is 13.2 Å². The number of nitrogens with zero attached hydrogens (tertiary/aromatic N) is 1. The summed E-state index contributed by atoms with van der Waals surface area (Å²) in [5.74, 6) is 0.630. The normalized spacial score (nSPS) is 12.1. The smallest absolute Gasteiger partial charge is 0.264 e. The fourth-order valence-corrected chi connectivity index (χ4v) is 5.10. The van der Waals surface area contributed by atoms with Crippen LogP contribution in [0, 0.1) is 13.8 Å². The van der Waals surface area contributed by atoms with E-state index in [1.54, 1.807) is 56.5 Å². The van der Waals surface area contributed by atoms with Crippen LogP contribution in [0.1, 0.15) is 29.7 Å². The van der Waals surface area contributed by atoms with Crippen LogP contribution < -0.4 is 19.1 Å². The van der Waals surface area contributed by atoms with Gasteiger partial charge in [-0.3, -0.25) is 9.10 Å². The Balaban J connectivity index is 1.90. The maximum absolute atomic E-state index is 13.6. The number of aryl methyl sites for hydroxylation is 2. The van der Waals surface area contributed by atoms with Crippen LogP contribution in [0.4, 0.5) is 5.69 Å². The lowest BCUT2D eigenvalue weighted by Gasteiger charge is -2.25. The van der Waals surface area contributed by atoms with E-state index in [0.717, 1.165) is 21.0 Å². The molecule has 1 N–H and O–H groups in total. The minimum atomic E-state index is -4.04. The first kappa shape index (κ1) is 26.4. The number of anilines is 1. The lowest BCUT2D eigenvalue weighted by Crippen LogP contribution is -2.41. The number of hydrogen-bond acceptors (Lipinski definition) is 5. The molecule has 0 radical (unpaired) electrons. The molecule has 1 amide bonds. The van der Waals surface area contributed by atoms with Crippen LogP contribution in [-0.2, 0) is 14.8 Å². The summed E-state index contributed by atoms with van der Waals surface area (Å²) < 4.78 is 38.8. The third kappa shape index (κ3) is 6.07. The molecule has 3 aromatic carbocycles. The van der Waals surface area contributed by atoms with Crippen molar-refractivity contribution in [2.75, 3.05) is 25.1 Å². The average Bonchev–Trinajstić information content (AvgIpc) is 2.84. The maximum Gasteiger partial charge on any atom is 0.264 e. The second-order valence-corrected chi connectivity index (χ2v) is 10.4. The number of halogens is 1. The third-order valence-electron chi connectivity index (χ3n) is 5.62. The molecule has 7 nitrogen and oxygen atoms in total. The van der Waals surface area contributed by atoms with Crippen molar-refractivity contribution in [2.45, 2.75) is 31.7 Å². The predicted octanol–water partition coefficient (Wildman–Crippen LogP) is 5.05. The predicted molar refractivity (Wildman–Crippen MR) is 138 cm³/mol. The van der Waals surface area contributed by atoms with Gasteiger partial charge in [0.05, 0.1) is 30.8 Å². The lowest BCUT2D eigenvalue weighted by molar-refractivity contribution is -0.120. The zero-order chi connectivity index (χ0) is 25.8. The minimum Gasteiger partial charge on any atom is -0.493 e. The van der Waals surface area contributed by atoms with Crippen molar-refractivity contribution in [3.8, 4) is 11.5 Å². The van der Waals surface area contributed by atoms with E-state index in [1.165, 1.54) is 19.2 Å². The van der Waals surface area contributed by atoms with Crippen LogP contribution in [-0.4, -0.2) is 35.1 Å². The van der Waals surface area contributed by atoms with Gasteiger partial charge in [0, 0.05) is 5.02 Å². The number of benzene rings is 3. The molecule has 0 saturated carbocycles. The molecule has 3 rings (SSSR count). The summed E-state index contributed by atoms with van der Waals surface area (Å²) in [7, 11) is -0.960. The molecule has 35 heavy (non-hydrogen) atoms. The Hall–Kier alpha value is -3.23. The number of amides is 1. The summed E-state index contributed by atoms with van der Waals surface area (Å²) in [5.41, 5.74) is 2.81. The van der Waals surface area contributed by atoms with Crippen LogP contribution >= 0.6 is 11.6 Å². The number of methoxy groups -OCH3 is 2. The van der Waals surface area contributed by atoms with E-state index in [2.05, 4.69) is 5.32 Å². The van der Waals surface area contributed by atoms with Crippen molar-refractivity contribution in [1.29, 1.82) is 0 Å². The van der Waals surface area contributed by atoms with E-state index in [0.29, 0.717) is 22.2 Å². The highest BCUT2D eigenvalue weighted by Gasteiger charge is 2.28. The molecule has 0 bridgehead atoms. The first-order chi connectivity index (χ1) is 16.6. The molecule has 0 aliphatic rings. The quantitative estimate of drug-likeness (QED) is 0.430. The van der Waals surface area contributed by atoms with Crippen molar-refractivity contribution in [3.05, 3.63) is 82.4 Å². The second kappa shape index (κ2) is 11.0. The van der Waals surface area contributed by atoms with Gasteiger partial charge in [-0.25, -0.2) is 8.42 Å². The van der Waals surface area contributed by atoms with Crippen LogP contribution in [0.5, 0.6) is 11.5 Å². The summed E-state index contributed by atoms with van der Waals surface area (Å²) in [6.07, 6.45) is 0. The van der Waals surface area contributed by atoms with Crippen molar-refractivity contribution in [3.63, 3.8) is 0 Å². The Kier molecular flexibility index (Phi) is 8.30. The van der Waals surface area contributed by atoms with Gasteiger partial charge in [0.1, 0.15) is 6.54 Å². The Morgan fingerprint density at radius 2 is 1.63 bits per heavy atom.